The van der Waals surface area contributed by atoms with Gasteiger partial charge >= 0.3 is 0 Å². The Bertz CT molecular complexity index is 664. The number of nitrogens with zero attached hydrogens (tertiary/aromatic N) is 2. The molecule has 1 aromatic carbocycles. The summed E-state index contributed by atoms with van der Waals surface area (Å²) in [6, 6.07) is 5.36. The van der Waals surface area contributed by atoms with E-state index in [-0.39, 0.29) is 5.91 Å². The Balaban J connectivity index is 1.75. The van der Waals surface area contributed by atoms with Gasteiger partial charge in [-0.1, -0.05) is 29.3 Å². The SMILES string of the molecule is O=C(Cc1csc(-c2c(Cl)cccc2Cl)n1)N1CCOCC1. The van der Waals surface area contributed by atoms with Crippen molar-refractivity contribution in [2.75, 3.05) is 26.3 Å². The number of aromatic nitrogens is 1. The van der Waals surface area contributed by atoms with E-state index >= 15 is 0 Å². The van der Waals surface area contributed by atoms with E-state index in [4.69, 9.17) is 27.9 Å². The van der Waals surface area contributed by atoms with Gasteiger partial charge < -0.3 is 9.64 Å². The number of carbonyl (C=O) groups excluding carboxylic acids is 1. The average Bonchev–Trinajstić information content (AvgIpc) is 2.96. The molecule has 2 heterocycles. The van der Waals surface area contributed by atoms with Gasteiger partial charge in [-0.15, -0.1) is 11.3 Å². The molecule has 1 aliphatic heterocycles. The van der Waals surface area contributed by atoms with Crippen molar-refractivity contribution in [3.63, 3.8) is 0 Å². The van der Waals surface area contributed by atoms with E-state index in [1.54, 1.807) is 18.2 Å². The van der Waals surface area contributed by atoms with Gasteiger partial charge in [0.25, 0.3) is 0 Å². The van der Waals surface area contributed by atoms with Crippen molar-refractivity contribution in [1.82, 2.24) is 9.88 Å². The summed E-state index contributed by atoms with van der Waals surface area (Å²) in [5, 5.41) is 3.74. The number of amides is 1. The average molecular weight is 357 g/mol. The highest BCUT2D eigenvalue weighted by molar-refractivity contribution is 7.13. The van der Waals surface area contributed by atoms with E-state index in [9.17, 15) is 4.79 Å². The minimum absolute atomic E-state index is 0.0744. The molecule has 3 rings (SSSR count). The molecule has 2 aromatic rings. The monoisotopic (exact) mass is 356 g/mol. The number of halogens is 2. The van der Waals surface area contributed by atoms with Gasteiger partial charge in [-0.25, -0.2) is 4.98 Å². The predicted octanol–water partition coefficient (Wildman–Crippen LogP) is 3.52. The second-order valence-electron chi connectivity index (χ2n) is 4.91. The molecule has 0 spiro atoms. The van der Waals surface area contributed by atoms with Crippen LogP contribution in [-0.2, 0) is 16.0 Å². The van der Waals surface area contributed by atoms with E-state index in [1.807, 2.05) is 10.3 Å². The van der Waals surface area contributed by atoms with Gasteiger partial charge in [-0.3, -0.25) is 4.79 Å². The lowest BCUT2D eigenvalue weighted by atomic mass is 10.2. The highest BCUT2D eigenvalue weighted by Crippen LogP contribution is 2.36. The molecule has 1 aromatic heterocycles. The van der Waals surface area contributed by atoms with Crippen molar-refractivity contribution >= 4 is 40.4 Å². The first-order valence-corrected chi connectivity index (χ1v) is 8.53. The summed E-state index contributed by atoms with van der Waals surface area (Å²) in [5.41, 5.74) is 1.47. The van der Waals surface area contributed by atoms with Crippen LogP contribution in [0.1, 0.15) is 5.69 Å². The van der Waals surface area contributed by atoms with Crippen molar-refractivity contribution < 1.29 is 9.53 Å². The van der Waals surface area contributed by atoms with E-state index < -0.39 is 0 Å². The number of carbonyl (C=O) groups is 1. The Morgan fingerprint density at radius 1 is 1.27 bits per heavy atom. The molecule has 1 aliphatic rings. The van der Waals surface area contributed by atoms with Gasteiger partial charge in [0.1, 0.15) is 5.01 Å². The number of rotatable bonds is 3. The molecule has 4 nitrogen and oxygen atoms in total. The molecule has 0 atom stereocenters. The molecule has 116 valence electrons. The maximum Gasteiger partial charge on any atom is 0.228 e. The second kappa shape index (κ2) is 6.96. The van der Waals surface area contributed by atoms with E-state index in [1.165, 1.54) is 11.3 Å². The summed E-state index contributed by atoms with van der Waals surface area (Å²) in [4.78, 5) is 18.5. The molecule has 0 radical (unpaired) electrons. The number of hydrogen-bond acceptors (Lipinski definition) is 4. The number of thiazole rings is 1. The third-order valence-corrected chi connectivity index (χ3v) is 4.96. The molecule has 7 heteroatoms. The largest absolute Gasteiger partial charge is 0.378 e. The normalized spacial score (nSPS) is 15.1. The first kappa shape index (κ1) is 15.7. The van der Waals surface area contributed by atoms with Crippen LogP contribution in [-0.4, -0.2) is 42.1 Å². The smallest absolute Gasteiger partial charge is 0.228 e. The van der Waals surface area contributed by atoms with E-state index in [0.717, 1.165) is 16.3 Å². The van der Waals surface area contributed by atoms with Crippen molar-refractivity contribution in [1.29, 1.82) is 0 Å². The second-order valence-corrected chi connectivity index (χ2v) is 6.58. The summed E-state index contributed by atoms with van der Waals surface area (Å²) in [5.74, 6) is 0.0744. The Morgan fingerprint density at radius 3 is 2.64 bits per heavy atom. The van der Waals surface area contributed by atoms with Gasteiger partial charge in [0.15, 0.2) is 0 Å². The standard InChI is InChI=1S/C15H14Cl2N2O2S/c16-11-2-1-3-12(17)14(11)15-18-10(9-22-15)8-13(20)19-4-6-21-7-5-19/h1-3,9H,4-8H2. The number of ether oxygens (including phenoxy) is 1. The maximum absolute atomic E-state index is 12.2. The molecular weight excluding hydrogens is 343 g/mol. The summed E-state index contributed by atoms with van der Waals surface area (Å²) in [7, 11) is 0. The van der Waals surface area contributed by atoms with E-state index in [0.29, 0.717) is 42.8 Å². The minimum Gasteiger partial charge on any atom is -0.378 e. The lowest BCUT2D eigenvalue weighted by Crippen LogP contribution is -2.41. The third kappa shape index (κ3) is 3.43. The Labute approximate surface area is 142 Å². The zero-order valence-electron chi connectivity index (χ0n) is 11.7. The van der Waals surface area contributed by atoms with Gasteiger partial charge in [0.05, 0.1) is 35.4 Å². The third-order valence-electron chi connectivity index (χ3n) is 3.42. The van der Waals surface area contributed by atoms with Crippen LogP contribution in [0, 0.1) is 0 Å². The summed E-state index contributed by atoms with van der Waals surface area (Å²) < 4.78 is 5.25. The van der Waals surface area contributed by atoms with Crippen LogP contribution in [0.2, 0.25) is 10.0 Å². The zero-order valence-corrected chi connectivity index (χ0v) is 14.0. The molecule has 0 unspecified atom stereocenters. The highest BCUT2D eigenvalue weighted by atomic mass is 35.5. The Kier molecular flexibility index (Phi) is 4.98. The molecule has 0 saturated carbocycles. The minimum atomic E-state index is 0.0744. The Morgan fingerprint density at radius 2 is 1.95 bits per heavy atom. The molecule has 1 saturated heterocycles. The molecule has 22 heavy (non-hydrogen) atoms. The van der Waals surface area contributed by atoms with Gasteiger partial charge in [0.2, 0.25) is 5.91 Å². The van der Waals surface area contributed by atoms with Crippen LogP contribution < -0.4 is 0 Å². The molecule has 0 bridgehead atoms. The summed E-state index contributed by atoms with van der Waals surface area (Å²) in [6.45, 7) is 2.49. The van der Waals surface area contributed by atoms with Crippen LogP contribution in [0.5, 0.6) is 0 Å². The molecule has 0 aliphatic carbocycles. The lowest BCUT2D eigenvalue weighted by Gasteiger charge is -2.26. The first-order valence-electron chi connectivity index (χ1n) is 6.89. The fourth-order valence-electron chi connectivity index (χ4n) is 2.28. The fraction of sp³-hybridized carbons (Fsp3) is 0.333. The highest BCUT2D eigenvalue weighted by Gasteiger charge is 2.19. The summed E-state index contributed by atoms with van der Waals surface area (Å²) >= 11 is 13.8. The van der Waals surface area contributed by atoms with Crippen LogP contribution >= 0.6 is 34.5 Å². The van der Waals surface area contributed by atoms with Crippen LogP contribution in [0.4, 0.5) is 0 Å². The maximum atomic E-state index is 12.2. The predicted molar refractivity (Wildman–Crippen MR) is 88.7 cm³/mol. The van der Waals surface area contributed by atoms with Crippen molar-refractivity contribution in [2.24, 2.45) is 0 Å². The first-order chi connectivity index (χ1) is 10.6. The Hall–Kier alpha value is -1.14. The van der Waals surface area contributed by atoms with Gasteiger partial charge in [0, 0.05) is 24.0 Å². The molecule has 1 amide bonds. The fourth-order valence-corrected chi connectivity index (χ4v) is 3.86. The van der Waals surface area contributed by atoms with E-state index in [2.05, 4.69) is 4.98 Å². The molecular formula is C15H14Cl2N2O2S. The number of hydrogen-bond donors (Lipinski definition) is 0. The quantitative estimate of drug-likeness (QED) is 0.844. The van der Waals surface area contributed by atoms with Crippen molar-refractivity contribution in [3.05, 3.63) is 39.3 Å². The molecule has 0 N–H and O–H groups in total. The van der Waals surface area contributed by atoms with Crippen LogP contribution in [0.3, 0.4) is 0 Å². The number of morpholine rings is 1. The van der Waals surface area contributed by atoms with Crippen molar-refractivity contribution in [3.8, 4) is 10.6 Å². The van der Waals surface area contributed by atoms with Crippen molar-refractivity contribution in [2.45, 2.75) is 6.42 Å². The topological polar surface area (TPSA) is 42.4 Å². The summed E-state index contributed by atoms with van der Waals surface area (Å²) in [6.07, 6.45) is 0.290. The number of benzene rings is 1. The van der Waals surface area contributed by atoms with Crippen LogP contribution in [0.25, 0.3) is 10.6 Å². The lowest BCUT2D eigenvalue weighted by molar-refractivity contribution is -0.134. The van der Waals surface area contributed by atoms with Gasteiger partial charge in [-0.05, 0) is 12.1 Å². The van der Waals surface area contributed by atoms with Gasteiger partial charge in [-0.2, -0.15) is 0 Å². The van der Waals surface area contributed by atoms with Crippen LogP contribution in [0.15, 0.2) is 23.6 Å². The zero-order chi connectivity index (χ0) is 15.5. The molecule has 1 fully saturated rings.